The van der Waals surface area contributed by atoms with Crippen molar-refractivity contribution in [2.45, 2.75) is 45.1 Å². The van der Waals surface area contributed by atoms with Crippen LogP contribution in [0.15, 0.2) is 0 Å². The molecule has 2 aliphatic heterocycles. The van der Waals surface area contributed by atoms with Crippen LogP contribution >= 0.6 is 0 Å². The average molecular weight is 196 g/mol. The molecule has 2 aliphatic rings. The minimum absolute atomic E-state index is 0.470. The smallest absolute Gasteiger partial charge is 0.0153 e. The molecule has 0 spiro atoms. The number of piperidine rings is 1. The van der Waals surface area contributed by atoms with Gasteiger partial charge in [0, 0.05) is 12.1 Å². The predicted molar refractivity (Wildman–Crippen MR) is 60.5 cm³/mol. The van der Waals surface area contributed by atoms with Crippen molar-refractivity contribution in [2.24, 2.45) is 5.92 Å². The Morgan fingerprint density at radius 2 is 2.21 bits per heavy atom. The number of hydrogen-bond donors (Lipinski definition) is 1. The summed E-state index contributed by atoms with van der Waals surface area (Å²) in [7, 11) is 0. The maximum atomic E-state index is 3.51. The molecule has 2 nitrogen and oxygen atoms in total. The lowest BCUT2D eigenvalue weighted by Crippen LogP contribution is -2.44. The second kappa shape index (κ2) is 4.19. The predicted octanol–water partition coefficient (Wildman–Crippen LogP) is 1.86. The van der Waals surface area contributed by atoms with Crippen molar-refractivity contribution in [2.75, 3.05) is 26.2 Å². The number of rotatable bonds is 2. The largest absolute Gasteiger partial charge is 0.316 e. The van der Waals surface area contributed by atoms with Crippen molar-refractivity contribution in [1.29, 1.82) is 0 Å². The zero-order chi connectivity index (χ0) is 10.0. The van der Waals surface area contributed by atoms with E-state index in [1.165, 1.54) is 51.9 Å². The first-order valence-electron chi connectivity index (χ1n) is 6.14. The molecule has 1 atom stereocenters. The Kier molecular flexibility index (Phi) is 3.13. The van der Waals surface area contributed by atoms with Crippen LogP contribution in [0.3, 0.4) is 0 Å². The maximum absolute atomic E-state index is 3.51. The van der Waals surface area contributed by atoms with E-state index in [4.69, 9.17) is 0 Å². The lowest BCUT2D eigenvalue weighted by Gasteiger charge is -2.35. The molecule has 0 aromatic carbocycles. The molecule has 0 aliphatic carbocycles. The fraction of sp³-hybridized carbons (Fsp3) is 1.00. The quantitative estimate of drug-likeness (QED) is 0.725. The molecule has 0 aromatic heterocycles. The molecule has 2 heterocycles. The van der Waals surface area contributed by atoms with Gasteiger partial charge in [0.2, 0.25) is 0 Å². The highest BCUT2D eigenvalue weighted by Gasteiger charge is 2.33. The van der Waals surface area contributed by atoms with Crippen molar-refractivity contribution < 1.29 is 0 Å². The Bertz CT molecular complexity index is 183. The highest BCUT2D eigenvalue weighted by Crippen LogP contribution is 2.29. The summed E-state index contributed by atoms with van der Waals surface area (Å²) in [5.74, 6) is 0.904. The van der Waals surface area contributed by atoms with Crippen LogP contribution in [0.25, 0.3) is 0 Å². The van der Waals surface area contributed by atoms with Gasteiger partial charge in [-0.15, -0.1) is 0 Å². The van der Waals surface area contributed by atoms with Gasteiger partial charge in [-0.2, -0.15) is 0 Å². The lowest BCUT2D eigenvalue weighted by molar-refractivity contribution is 0.137. The summed E-state index contributed by atoms with van der Waals surface area (Å²) in [6.07, 6.45) is 5.58. The van der Waals surface area contributed by atoms with Gasteiger partial charge < -0.3 is 5.32 Å². The van der Waals surface area contributed by atoms with E-state index in [9.17, 15) is 0 Å². The SMILES string of the molecule is CC1(C)CCCN1CC1CCCNC1. The van der Waals surface area contributed by atoms with E-state index < -0.39 is 0 Å². The number of hydrogen-bond acceptors (Lipinski definition) is 2. The van der Waals surface area contributed by atoms with Crippen molar-refractivity contribution >= 4 is 0 Å². The van der Waals surface area contributed by atoms with Gasteiger partial charge in [0.25, 0.3) is 0 Å². The minimum atomic E-state index is 0.470. The normalized spacial score (nSPS) is 33.4. The Labute approximate surface area is 88.1 Å². The van der Waals surface area contributed by atoms with E-state index in [2.05, 4.69) is 24.1 Å². The fourth-order valence-electron chi connectivity index (χ4n) is 2.89. The Balaban J connectivity index is 1.83. The van der Waals surface area contributed by atoms with E-state index in [1.807, 2.05) is 0 Å². The van der Waals surface area contributed by atoms with Crippen LogP contribution in [-0.2, 0) is 0 Å². The summed E-state index contributed by atoms with van der Waals surface area (Å²) < 4.78 is 0. The summed E-state index contributed by atoms with van der Waals surface area (Å²) >= 11 is 0. The molecule has 0 bridgehead atoms. The van der Waals surface area contributed by atoms with E-state index in [0.29, 0.717) is 5.54 Å². The summed E-state index contributed by atoms with van der Waals surface area (Å²) in [5.41, 5.74) is 0.470. The maximum Gasteiger partial charge on any atom is 0.0153 e. The van der Waals surface area contributed by atoms with Crippen LogP contribution < -0.4 is 5.32 Å². The van der Waals surface area contributed by atoms with Crippen molar-refractivity contribution in [3.63, 3.8) is 0 Å². The monoisotopic (exact) mass is 196 g/mol. The van der Waals surface area contributed by atoms with E-state index in [-0.39, 0.29) is 0 Å². The molecule has 14 heavy (non-hydrogen) atoms. The van der Waals surface area contributed by atoms with E-state index in [0.717, 1.165) is 5.92 Å². The molecule has 2 rings (SSSR count). The summed E-state index contributed by atoms with van der Waals surface area (Å²) in [6, 6.07) is 0. The standard InChI is InChI=1S/C12H24N2/c1-12(2)6-4-8-14(12)10-11-5-3-7-13-9-11/h11,13H,3-10H2,1-2H3. The molecule has 2 fully saturated rings. The third kappa shape index (κ3) is 2.29. The number of nitrogens with one attached hydrogen (secondary N) is 1. The second-order valence-electron chi connectivity index (χ2n) is 5.57. The van der Waals surface area contributed by atoms with E-state index >= 15 is 0 Å². The van der Waals surface area contributed by atoms with Crippen LogP contribution in [0.2, 0.25) is 0 Å². The van der Waals surface area contributed by atoms with Gasteiger partial charge in [-0.25, -0.2) is 0 Å². The third-order valence-corrected chi connectivity index (χ3v) is 3.95. The van der Waals surface area contributed by atoms with Crippen molar-refractivity contribution in [3.05, 3.63) is 0 Å². The first-order chi connectivity index (χ1) is 6.68. The summed E-state index contributed by atoms with van der Waals surface area (Å²) in [5, 5.41) is 3.51. The zero-order valence-corrected chi connectivity index (χ0v) is 9.68. The van der Waals surface area contributed by atoms with Crippen LogP contribution in [0, 0.1) is 5.92 Å². The Morgan fingerprint density at radius 1 is 1.36 bits per heavy atom. The molecular weight excluding hydrogens is 172 g/mol. The molecule has 1 N–H and O–H groups in total. The Morgan fingerprint density at radius 3 is 2.79 bits per heavy atom. The molecule has 0 amide bonds. The average Bonchev–Trinajstić information content (AvgIpc) is 2.48. The van der Waals surface area contributed by atoms with E-state index in [1.54, 1.807) is 0 Å². The highest BCUT2D eigenvalue weighted by atomic mass is 15.2. The Hall–Kier alpha value is -0.0800. The lowest BCUT2D eigenvalue weighted by atomic mass is 9.96. The van der Waals surface area contributed by atoms with Gasteiger partial charge in [0.15, 0.2) is 0 Å². The fourth-order valence-corrected chi connectivity index (χ4v) is 2.89. The molecule has 2 heteroatoms. The second-order valence-corrected chi connectivity index (χ2v) is 5.57. The molecule has 0 aromatic rings. The molecule has 0 saturated carbocycles. The van der Waals surface area contributed by atoms with Gasteiger partial charge >= 0.3 is 0 Å². The third-order valence-electron chi connectivity index (χ3n) is 3.95. The van der Waals surface area contributed by atoms with Crippen LogP contribution in [0.1, 0.15) is 39.5 Å². The van der Waals surface area contributed by atoms with Crippen LogP contribution in [0.4, 0.5) is 0 Å². The van der Waals surface area contributed by atoms with Crippen molar-refractivity contribution in [3.8, 4) is 0 Å². The summed E-state index contributed by atoms with van der Waals surface area (Å²) in [6.45, 7) is 9.92. The molecule has 1 unspecified atom stereocenters. The highest BCUT2D eigenvalue weighted by molar-refractivity contribution is 4.89. The molecule has 2 saturated heterocycles. The van der Waals surface area contributed by atoms with Gasteiger partial charge in [0.05, 0.1) is 0 Å². The van der Waals surface area contributed by atoms with Gasteiger partial charge in [-0.05, 0) is 65.1 Å². The van der Waals surface area contributed by atoms with Gasteiger partial charge in [-0.1, -0.05) is 0 Å². The van der Waals surface area contributed by atoms with Gasteiger partial charge in [0.1, 0.15) is 0 Å². The zero-order valence-electron chi connectivity index (χ0n) is 9.68. The number of nitrogens with zero attached hydrogens (tertiary/aromatic N) is 1. The molecule has 82 valence electrons. The first-order valence-corrected chi connectivity index (χ1v) is 6.14. The van der Waals surface area contributed by atoms with Crippen LogP contribution in [0.5, 0.6) is 0 Å². The minimum Gasteiger partial charge on any atom is -0.316 e. The van der Waals surface area contributed by atoms with Crippen LogP contribution in [-0.4, -0.2) is 36.6 Å². The van der Waals surface area contributed by atoms with Gasteiger partial charge in [-0.3, -0.25) is 4.90 Å². The summed E-state index contributed by atoms with van der Waals surface area (Å²) in [4.78, 5) is 2.70. The molecule has 0 radical (unpaired) electrons. The topological polar surface area (TPSA) is 15.3 Å². The molecular formula is C12H24N2. The number of likely N-dealkylation sites (tertiary alicyclic amines) is 1. The van der Waals surface area contributed by atoms with Crippen molar-refractivity contribution in [1.82, 2.24) is 10.2 Å². The first kappa shape index (κ1) is 10.4.